The van der Waals surface area contributed by atoms with Gasteiger partial charge in [0.2, 0.25) is 0 Å². The monoisotopic (exact) mass is 401 g/mol. The van der Waals surface area contributed by atoms with Gasteiger partial charge in [0.05, 0.1) is 0 Å². The Morgan fingerprint density at radius 1 is 1.24 bits per heavy atom. The standard InChI is InChI=1S/C21H21F2N3O3/c1-4-7-26-13(2)8-15(14(26)3)9-16(11-24)21(28)29-12-20(27)25-17-5-6-18(22)19(23)10-17/h5-6,8-10H,4,7,12H2,1-3H3,(H,25,27). The number of halogens is 2. The van der Waals surface area contributed by atoms with Gasteiger partial charge in [0.25, 0.3) is 5.91 Å². The molecule has 1 N–H and O–H groups in total. The summed E-state index contributed by atoms with van der Waals surface area (Å²) in [6.45, 7) is 6.03. The molecule has 2 rings (SSSR count). The molecule has 0 fully saturated rings. The van der Waals surface area contributed by atoms with Crippen molar-refractivity contribution < 1.29 is 23.1 Å². The van der Waals surface area contributed by atoms with Gasteiger partial charge in [0.1, 0.15) is 11.6 Å². The lowest BCUT2D eigenvalue weighted by Crippen LogP contribution is -2.21. The number of carbonyl (C=O) groups is 2. The van der Waals surface area contributed by atoms with Gasteiger partial charge in [-0.25, -0.2) is 13.6 Å². The molecule has 0 unspecified atom stereocenters. The third-order valence-corrected chi connectivity index (χ3v) is 4.24. The van der Waals surface area contributed by atoms with Crippen LogP contribution < -0.4 is 5.32 Å². The van der Waals surface area contributed by atoms with Crippen LogP contribution in [0.4, 0.5) is 14.5 Å². The Morgan fingerprint density at radius 2 is 1.97 bits per heavy atom. The first-order valence-corrected chi connectivity index (χ1v) is 8.97. The molecule has 1 heterocycles. The van der Waals surface area contributed by atoms with E-state index in [1.165, 1.54) is 12.1 Å². The SMILES string of the molecule is CCCn1c(C)cc(C=C(C#N)C(=O)OCC(=O)Nc2ccc(F)c(F)c2)c1C. The normalized spacial score (nSPS) is 11.1. The highest BCUT2D eigenvalue weighted by Crippen LogP contribution is 2.19. The van der Waals surface area contributed by atoms with Crippen LogP contribution in [-0.2, 0) is 20.9 Å². The zero-order chi connectivity index (χ0) is 21.6. The van der Waals surface area contributed by atoms with E-state index in [-0.39, 0.29) is 11.3 Å². The first-order valence-electron chi connectivity index (χ1n) is 8.97. The van der Waals surface area contributed by atoms with E-state index in [4.69, 9.17) is 4.74 Å². The number of nitriles is 1. The summed E-state index contributed by atoms with van der Waals surface area (Å²) in [6, 6.07) is 6.49. The van der Waals surface area contributed by atoms with Crippen LogP contribution in [0.25, 0.3) is 6.08 Å². The number of aromatic nitrogens is 1. The molecular formula is C21H21F2N3O3. The molecule has 0 aliphatic heterocycles. The minimum atomic E-state index is -1.12. The molecule has 0 saturated heterocycles. The van der Waals surface area contributed by atoms with E-state index < -0.39 is 30.1 Å². The fourth-order valence-electron chi connectivity index (χ4n) is 2.81. The number of nitrogens with zero attached hydrogens (tertiary/aromatic N) is 2. The van der Waals surface area contributed by atoms with Crippen LogP contribution in [0.5, 0.6) is 0 Å². The highest BCUT2D eigenvalue weighted by molar-refractivity contribution is 6.00. The number of hydrogen-bond donors (Lipinski definition) is 1. The quantitative estimate of drug-likeness (QED) is 0.434. The molecular weight excluding hydrogens is 380 g/mol. The van der Waals surface area contributed by atoms with E-state index in [9.17, 15) is 23.6 Å². The van der Waals surface area contributed by atoms with E-state index in [0.717, 1.165) is 42.0 Å². The highest BCUT2D eigenvalue weighted by atomic mass is 19.2. The third kappa shape index (κ3) is 5.51. The van der Waals surface area contributed by atoms with Crippen LogP contribution in [-0.4, -0.2) is 23.1 Å². The molecule has 1 amide bonds. The topological polar surface area (TPSA) is 84.1 Å². The number of esters is 1. The van der Waals surface area contributed by atoms with Crippen molar-refractivity contribution in [3.63, 3.8) is 0 Å². The summed E-state index contributed by atoms with van der Waals surface area (Å²) in [4.78, 5) is 24.0. The molecule has 0 radical (unpaired) electrons. The van der Waals surface area contributed by atoms with Crippen molar-refractivity contribution in [2.75, 3.05) is 11.9 Å². The minimum absolute atomic E-state index is 0.0179. The summed E-state index contributed by atoms with van der Waals surface area (Å²) in [7, 11) is 0. The lowest BCUT2D eigenvalue weighted by atomic mass is 10.1. The van der Waals surface area contributed by atoms with E-state index >= 15 is 0 Å². The smallest absolute Gasteiger partial charge is 0.349 e. The Kier molecular flexibility index (Phi) is 7.26. The molecule has 29 heavy (non-hydrogen) atoms. The van der Waals surface area contributed by atoms with Crippen molar-refractivity contribution in [1.82, 2.24) is 4.57 Å². The van der Waals surface area contributed by atoms with E-state index in [0.29, 0.717) is 0 Å². The second-order valence-electron chi connectivity index (χ2n) is 6.40. The van der Waals surface area contributed by atoms with E-state index in [2.05, 4.69) is 16.8 Å². The fourth-order valence-corrected chi connectivity index (χ4v) is 2.81. The molecule has 0 saturated carbocycles. The predicted molar refractivity (Wildman–Crippen MR) is 104 cm³/mol. The summed E-state index contributed by atoms with van der Waals surface area (Å²) in [6.07, 6.45) is 2.36. The molecule has 152 valence electrons. The molecule has 0 spiro atoms. The van der Waals surface area contributed by atoms with Crippen molar-refractivity contribution >= 4 is 23.6 Å². The van der Waals surface area contributed by atoms with Crippen LogP contribution >= 0.6 is 0 Å². The largest absolute Gasteiger partial charge is 0.451 e. The third-order valence-electron chi connectivity index (χ3n) is 4.24. The first-order chi connectivity index (χ1) is 13.8. The number of benzene rings is 1. The summed E-state index contributed by atoms with van der Waals surface area (Å²) >= 11 is 0. The predicted octanol–water partition coefficient (Wildman–Crippen LogP) is 3.88. The van der Waals surface area contributed by atoms with Crippen molar-refractivity contribution in [1.29, 1.82) is 5.26 Å². The van der Waals surface area contributed by atoms with Crippen LogP contribution in [0.15, 0.2) is 29.8 Å². The second-order valence-corrected chi connectivity index (χ2v) is 6.40. The van der Waals surface area contributed by atoms with Gasteiger partial charge in [-0.05, 0) is 50.1 Å². The molecule has 1 aromatic heterocycles. The lowest BCUT2D eigenvalue weighted by molar-refractivity contribution is -0.142. The summed E-state index contributed by atoms with van der Waals surface area (Å²) in [5.74, 6) is -3.86. The van der Waals surface area contributed by atoms with Gasteiger partial charge in [-0.15, -0.1) is 0 Å². The number of nitrogens with one attached hydrogen (secondary N) is 1. The van der Waals surface area contributed by atoms with Crippen molar-refractivity contribution in [3.05, 3.63) is 58.4 Å². The number of ether oxygens (including phenoxy) is 1. The number of anilines is 1. The summed E-state index contributed by atoms with van der Waals surface area (Å²) in [5, 5.41) is 11.6. The van der Waals surface area contributed by atoms with E-state index in [1.54, 1.807) is 6.07 Å². The average Bonchev–Trinajstić information content (AvgIpc) is 2.94. The van der Waals surface area contributed by atoms with Gasteiger partial charge in [0, 0.05) is 29.7 Å². The Labute approximate surface area is 167 Å². The molecule has 2 aromatic rings. The van der Waals surface area contributed by atoms with Gasteiger partial charge in [-0.3, -0.25) is 4.79 Å². The molecule has 0 aliphatic rings. The average molecular weight is 401 g/mol. The molecule has 1 aromatic carbocycles. The van der Waals surface area contributed by atoms with E-state index in [1.807, 2.05) is 19.9 Å². The number of rotatable bonds is 7. The number of carbonyl (C=O) groups excluding carboxylic acids is 2. The zero-order valence-electron chi connectivity index (χ0n) is 16.4. The minimum Gasteiger partial charge on any atom is -0.451 e. The first kappa shape index (κ1) is 21.8. The van der Waals surface area contributed by atoms with Gasteiger partial charge in [-0.2, -0.15) is 5.26 Å². The molecule has 8 heteroatoms. The van der Waals surface area contributed by atoms with Crippen molar-refractivity contribution in [2.45, 2.75) is 33.7 Å². The lowest BCUT2D eigenvalue weighted by Gasteiger charge is -2.07. The summed E-state index contributed by atoms with van der Waals surface area (Å²) in [5.41, 5.74) is 2.41. The molecule has 0 atom stereocenters. The van der Waals surface area contributed by atoms with Gasteiger partial charge < -0.3 is 14.6 Å². The zero-order valence-corrected chi connectivity index (χ0v) is 16.4. The highest BCUT2D eigenvalue weighted by Gasteiger charge is 2.16. The summed E-state index contributed by atoms with van der Waals surface area (Å²) < 4.78 is 33.0. The van der Waals surface area contributed by atoms with Crippen LogP contribution in [0, 0.1) is 36.8 Å². The van der Waals surface area contributed by atoms with Gasteiger partial charge in [-0.1, -0.05) is 6.92 Å². The number of hydrogen-bond acceptors (Lipinski definition) is 4. The van der Waals surface area contributed by atoms with Gasteiger partial charge in [0.15, 0.2) is 18.2 Å². The fraction of sp³-hybridized carbons (Fsp3) is 0.286. The number of amides is 1. The Bertz CT molecular complexity index is 1000. The molecule has 0 aliphatic carbocycles. The maximum Gasteiger partial charge on any atom is 0.349 e. The van der Waals surface area contributed by atoms with Crippen LogP contribution in [0.2, 0.25) is 0 Å². The Hall–Kier alpha value is -3.47. The molecule has 0 bridgehead atoms. The van der Waals surface area contributed by atoms with Crippen molar-refractivity contribution in [3.8, 4) is 6.07 Å². The van der Waals surface area contributed by atoms with Crippen LogP contribution in [0.1, 0.15) is 30.3 Å². The van der Waals surface area contributed by atoms with Gasteiger partial charge >= 0.3 is 5.97 Å². The van der Waals surface area contributed by atoms with Crippen LogP contribution in [0.3, 0.4) is 0 Å². The maximum atomic E-state index is 13.2. The maximum absolute atomic E-state index is 13.2. The Balaban J connectivity index is 2.03. The van der Waals surface area contributed by atoms with Crippen molar-refractivity contribution in [2.24, 2.45) is 0 Å². The second kappa shape index (κ2) is 9.64. The number of aryl methyl sites for hydroxylation is 1. The molecule has 6 nitrogen and oxygen atoms in total. The Morgan fingerprint density at radius 3 is 2.59 bits per heavy atom.